The maximum absolute atomic E-state index is 12.4. The van der Waals surface area contributed by atoms with Crippen LogP contribution in [0.3, 0.4) is 0 Å². The minimum atomic E-state index is -1.01. The Morgan fingerprint density at radius 2 is 1.60 bits per heavy atom. The van der Waals surface area contributed by atoms with Crippen molar-refractivity contribution in [3.05, 3.63) is 59.7 Å². The van der Waals surface area contributed by atoms with E-state index in [1.165, 1.54) is 11.1 Å². The number of hydrogen-bond donors (Lipinski definition) is 3. The van der Waals surface area contributed by atoms with Gasteiger partial charge in [-0.25, -0.2) is 9.59 Å². The quantitative estimate of drug-likeness (QED) is 0.373. The molecule has 35 heavy (non-hydrogen) atoms. The molecule has 0 saturated carbocycles. The van der Waals surface area contributed by atoms with Crippen LogP contribution in [0.25, 0.3) is 11.1 Å². The van der Waals surface area contributed by atoms with Crippen molar-refractivity contribution in [1.29, 1.82) is 0 Å². The van der Waals surface area contributed by atoms with Crippen LogP contribution in [-0.2, 0) is 14.3 Å². The molecule has 0 aliphatic heterocycles. The third-order valence-electron chi connectivity index (χ3n) is 6.82. The summed E-state index contributed by atoms with van der Waals surface area (Å²) in [5.74, 6) is -1.41. The predicted molar refractivity (Wildman–Crippen MR) is 135 cm³/mol. The van der Waals surface area contributed by atoms with Gasteiger partial charge in [0.1, 0.15) is 12.6 Å². The van der Waals surface area contributed by atoms with E-state index in [4.69, 9.17) is 4.74 Å². The van der Waals surface area contributed by atoms with Crippen LogP contribution < -0.4 is 10.6 Å². The number of benzene rings is 2. The van der Waals surface area contributed by atoms with Gasteiger partial charge in [-0.2, -0.15) is 0 Å². The molecule has 7 heteroatoms. The fourth-order valence-electron chi connectivity index (χ4n) is 4.48. The normalized spacial score (nSPS) is 14.8. The smallest absolute Gasteiger partial charge is 0.407 e. The first-order chi connectivity index (χ1) is 16.8. The monoisotopic (exact) mass is 480 g/mol. The number of rotatable bonds is 12. The fraction of sp³-hybridized carbons (Fsp3) is 0.464. The van der Waals surface area contributed by atoms with Crippen molar-refractivity contribution in [1.82, 2.24) is 10.6 Å². The van der Waals surface area contributed by atoms with E-state index in [2.05, 4.69) is 34.9 Å². The molecule has 3 N–H and O–H groups in total. The lowest BCUT2D eigenvalue weighted by atomic mass is 9.98. The van der Waals surface area contributed by atoms with E-state index >= 15 is 0 Å². The summed E-state index contributed by atoms with van der Waals surface area (Å²) < 4.78 is 5.53. The number of carbonyl (C=O) groups excluding carboxylic acids is 2. The summed E-state index contributed by atoms with van der Waals surface area (Å²) in [5.41, 5.74) is 4.68. The number of fused-ring (bicyclic) bond motifs is 3. The number of aliphatic carboxylic acids is 1. The minimum absolute atomic E-state index is 0.00877. The Kier molecular flexibility index (Phi) is 9.29. The molecule has 1 aliphatic rings. The number of nitrogens with one attached hydrogen (secondary N) is 2. The molecule has 3 atom stereocenters. The van der Waals surface area contributed by atoms with Gasteiger partial charge in [-0.05, 0) is 47.4 Å². The lowest BCUT2D eigenvalue weighted by molar-refractivity contribution is -0.143. The van der Waals surface area contributed by atoms with E-state index in [9.17, 15) is 19.5 Å². The van der Waals surface area contributed by atoms with Crippen LogP contribution in [0.5, 0.6) is 0 Å². The zero-order valence-corrected chi connectivity index (χ0v) is 20.8. The number of carboxylic acids is 1. The zero-order chi connectivity index (χ0) is 25.4. The number of hydrogen-bond acceptors (Lipinski definition) is 4. The summed E-state index contributed by atoms with van der Waals surface area (Å²) in [6.45, 7) is 6.37. The van der Waals surface area contributed by atoms with Crippen LogP contribution in [-0.4, -0.2) is 42.3 Å². The second-order valence-corrected chi connectivity index (χ2v) is 9.44. The summed E-state index contributed by atoms with van der Waals surface area (Å²) in [5, 5.41) is 14.8. The first kappa shape index (κ1) is 26.3. The average molecular weight is 481 g/mol. The lowest BCUT2D eigenvalue weighted by Gasteiger charge is -2.20. The van der Waals surface area contributed by atoms with Crippen LogP contribution in [0.1, 0.15) is 63.5 Å². The molecule has 3 rings (SSSR count). The van der Waals surface area contributed by atoms with E-state index < -0.39 is 18.1 Å². The van der Waals surface area contributed by atoms with Gasteiger partial charge < -0.3 is 20.5 Å². The molecule has 0 aromatic heterocycles. The molecule has 0 radical (unpaired) electrons. The molecule has 2 aromatic rings. The molecule has 2 aromatic carbocycles. The molecule has 3 unspecified atom stereocenters. The standard InChI is InChI=1S/C28H36N2O5/c1-4-18(2)16-25(27(32)33)30-26(31)19(3)10-9-15-29-28(34)35-17-24-22-13-7-5-11-20(22)21-12-6-8-14-23(21)24/h5-8,11-14,18-19,24-25H,4,9-10,15-17H2,1-3H3,(H,29,34)(H,30,31)(H,32,33). The highest BCUT2D eigenvalue weighted by atomic mass is 16.5. The minimum Gasteiger partial charge on any atom is -0.480 e. The van der Waals surface area contributed by atoms with E-state index in [-0.39, 0.29) is 30.3 Å². The molecule has 7 nitrogen and oxygen atoms in total. The van der Waals surface area contributed by atoms with Gasteiger partial charge in [-0.15, -0.1) is 0 Å². The Morgan fingerprint density at radius 1 is 1.00 bits per heavy atom. The first-order valence-electron chi connectivity index (χ1n) is 12.4. The summed E-state index contributed by atoms with van der Waals surface area (Å²) in [7, 11) is 0. The Hall–Kier alpha value is -3.35. The van der Waals surface area contributed by atoms with Gasteiger partial charge in [0.05, 0.1) is 0 Å². The van der Waals surface area contributed by atoms with Gasteiger partial charge >= 0.3 is 12.1 Å². The van der Waals surface area contributed by atoms with Crippen LogP contribution in [0.15, 0.2) is 48.5 Å². The molecule has 0 heterocycles. The molecule has 1 aliphatic carbocycles. The van der Waals surface area contributed by atoms with Crippen LogP contribution in [0, 0.1) is 11.8 Å². The largest absolute Gasteiger partial charge is 0.480 e. The summed E-state index contributed by atoms with van der Waals surface area (Å²) in [6.07, 6.45) is 1.90. The molecule has 0 saturated heterocycles. The van der Waals surface area contributed by atoms with E-state index in [1.807, 2.05) is 38.1 Å². The van der Waals surface area contributed by atoms with Crippen molar-refractivity contribution < 1.29 is 24.2 Å². The van der Waals surface area contributed by atoms with Crippen molar-refractivity contribution in [3.8, 4) is 11.1 Å². The van der Waals surface area contributed by atoms with Crippen molar-refractivity contribution >= 4 is 18.0 Å². The van der Waals surface area contributed by atoms with Gasteiger partial charge in [-0.3, -0.25) is 4.79 Å². The third-order valence-corrected chi connectivity index (χ3v) is 6.82. The highest BCUT2D eigenvalue weighted by molar-refractivity contribution is 5.84. The van der Waals surface area contributed by atoms with Gasteiger partial charge in [0, 0.05) is 18.4 Å². The van der Waals surface area contributed by atoms with Crippen molar-refractivity contribution in [3.63, 3.8) is 0 Å². The van der Waals surface area contributed by atoms with E-state index in [0.29, 0.717) is 25.8 Å². The van der Waals surface area contributed by atoms with Crippen molar-refractivity contribution in [2.75, 3.05) is 13.2 Å². The van der Waals surface area contributed by atoms with Gasteiger partial charge in [-0.1, -0.05) is 75.7 Å². The summed E-state index contributed by atoms with van der Waals surface area (Å²) >= 11 is 0. The zero-order valence-electron chi connectivity index (χ0n) is 20.8. The Balaban J connectivity index is 1.40. The molecule has 0 bridgehead atoms. The number of alkyl carbamates (subject to hydrolysis) is 1. The number of carboxylic acid groups (broad SMARTS) is 1. The highest BCUT2D eigenvalue weighted by Crippen LogP contribution is 2.44. The van der Waals surface area contributed by atoms with Crippen LogP contribution in [0.4, 0.5) is 4.79 Å². The maximum Gasteiger partial charge on any atom is 0.407 e. The first-order valence-corrected chi connectivity index (χ1v) is 12.4. The topological polar surface area (TPSA) is 105 Å². The highest BCUT2D eigenvalue weighted by Gasteiger charge is 2.29. The Labute approximate surface area is 207 Å². The van der Waals surface area contributed by atoms with Gasteiger partial charge in [0.25, 0.3) is 0 Å². The number of amides is 2. The van der Waals surface area contributed by atoms with E-state index in [0.717, 1.165) is 17.5 Å². The van der Waals surface area contributed by atoms with Gasteiger partial charge in [0.15, 0.2) is 0 Å². The maximum atomic E-state index is 12.4. The third kappa shape index (κ3) is 6.84. The molecule has 0 spiro atoms. The van der Waals surface area contributed by atoms with Gasteiger partial charge in [0.2, 0.25) is 5.91 Å². The number of carbonyl (C=O) groups is 3. The fourth-order valence-corrected chi connectivity index (χ4v) is 4.48. The molecular formula is C28H36N2O5. The molecule has 188 valence electrons. The van der Waals surface area contributed by atoms with Crippen LogP contribution >= 0.6 is 0 Å². The second-order valence-electron chi connectivity index (χ2n) is 9.44. The second kappa shape index (κ2) is 12.4. The SMILES string of the molecule is CCC(C)CC(NC(=O)C(C)CCCNC(=O)OCC1c2ccccc2-c2ccccc21)C(=O)O. The average Bonchev–Trinajstić information content (AvgIpc) is 3.18. The molecule has 0 fully saturated rings. The Bertz CT molecular complexity index is 992. The number of ether oxygens (including phenoxy) is 1. The van der Waals surface area contributed by atoms with Crippen molar-refractivity contribution in [2.45, 2.75) is 58.4 Å². The van der Waals surface area contributed by atoms with Crippen molar-refractivity contribution in [2.24, 2.45) is 11.8 Å². The molecule has 2 amide bonds. The summed E-state index contributed by atoms with van der Waals surface area (Å²) in [6, 6.07) is 15.5. The van der Waals surface area contributed by atoms with Crippen LogP contribution in [0.2, 0.25) is 0 Å². The predicted octanol–water partition coefficient (Wildman–Crippen LogP) is 4.95. The molecular weight excluding hydrogens is 444 g/mol. The lowest BCUT2D eigenvalue weighted by Crippen LogP contribution is -2.44. The van der Waals surface area contributed by atoms with E-state index in [1.54, 1.807) is 6.92 Å². The summed E-state index contributed by atoms with van der Waals surface area (Å²) in [4.78, 5) is 36.2. The Morgan fingerprint density at radius 3 is 2.17 bits per heavy atom.